The van der Waals surface area contributed by atoms with E-state index in [-0.39, 0.29) is 0 Å². The molecule has 0 heterocycles. The van der Waals surface area contributed by atoms with Gasteiger partial charge in [-0.2, -0.15) is 5.10 Å². The summed E-state index contributed by atoms with van der Waals surface area (Å²) in [5.41, 5.74) is 2.57. The summed E-state index contributed by atoms with van der Waals surface area (Å²) in [6, 6.07) is 8.50. The Hall–Kier alpha value is -1.57. The summed E-state index contributed by atoms with van der Waals surface area (Å²) in [4.78, 5) is 0. The summed E-state index contributed by atoms with van der Waals surface area (Å²) in [5, 5.41) is 5.52. The first-order valence-corrected chi connectivity index (χ1v) is 4.73. The lowest BCUT2D eigenvalue weighted by Crippen LogP contribution is -2.07. The van der Waals surface area contributed by atoms with Gasteiger partial charge in [-0.15, -0.1) is 0 Å². The van der Waals surface area contributed by atoms with Crippen molar-refractivity contribution in [1.82, 2.24) is 5.01 Å². The first-order valence-electron chi connectivity index (χ1n) is 4.73. The van der Waals surface area contributed by atoms with Crippen molar-refractivity contribution in [3.63, 3.8) is 0 Å². The molecule has 0 aliphatic carbocycles. The Balaban J connectivity index is 2.67. The van der Waals surface area contributed by atoms with E-state index in [9.17, 15) is 0 Å². The van der Waals surface area contributed by atoms with Gasteiger partial charge < -0.3 is 0 Å². The number of hydrogen-bond donors (Lipinski definition) is 0. The Kier molecular flexibility index (Phi) is 3.92. The molecule has 0 aliphatic heterocycles. The SMILES string of the molecule is C=CN(Cc1ccc(CC)cc1)N=C. The molecule has 0 radical (unpaired) electrons. The number of rotatable bonds is 5. The topological polar surface area (TPSA) is 15.6 Å². The quantitative estimate of drug-likeness (QED) is 0.512. The van der Waals surface area contributed by atoms with E-state index in [2.05, 4.69) is 49.6 Å². The minimum Gasteiger partial charge on any atom is -0.270 e. The predicted molar refractivity (Wildman–Crippen MR) is 61.1 cm³/mol. The molecule has 0 aromatic heterocycles. The van der Waals surface area contributed by atoms with Gasteiger partial charge in [0.05, 0.1) is 6.54 Å². The largest absolute Gasteiger partial charge is 0.270 e. The predicted octanol–water partition coefficient (Wildman–Crippen LogP) is 2.81. The molecule has 0 saturated heterocycles. The van der Waals surface area contributed by atoms with Crippen molar-refractivity contribution in [3.8, 4) is 0 Å². The molecule has 1 rings (SSSR count). The van der Waals surface area contributed by atoms with Gasteiger partial charge in [0, 0.05) is 12.9 Å². The van der Waals surface area contributed by atoms with E-state index >= 15 is 0 Å². The van der Waals surface area contributed by atoms with E-state index in [4.69, 9.17) is 0 Å². The van der Waals surface area contributed by atoms with Crippen LogP contribution in [0.3, 0.4) is 0 Å². The minimum absolute atomic E-state index is 0.733. The molecule has 0 N–H and O–H groups in total. The van der Waals surface area contributed by atoms with Gasteiger partial charge in [0.2, 0.25) is 0 Å². The highest BCUT2D eigenvalue weighted by Crippen LogP contribution is 2.08. The molecule has 74 valence electrons. The smallest absolute Gasteiger partial charge is 0.0658 e. The molecule has 0 bridgehead atoms. The summed E-state index contributed by atoms with van der Waals surface area (Å²) in [6.07, 6.45) is 2.74. The van der Waals surface area contributed by atoms with Gasteiger partial charge in [0.15, 0.2) is 0 Å². The summed E-state index contributed by atoms with van der Waals surface area (Å²) in [6.45, 7) is 10.0. The van der Waals surface area contributed by atoms with Crippen LogP contribution in [0.25, 0.3) is 0 Å². The Morgan fingerprint density at radius 3 is 2.29 bits per heavy atom. The highest BCUT2D eigenvalue weighted by atomic mass is 15.4. The van der Waals surface area contributed by atoms with Crippen molar-refractivity contribution in [2.75, 3.05) is 0 Å². The van der Waals surface area contributed by atoms with E-state index in [1.165, 1.54) is 11.1 Å². The minimum atomic E-state index is 0.733. The molecule has 2 heteroatoms. The summed E-state index contributed by atoms with van der Waals surface area (Å²) < 4.78 is 0. The summed E-state index contributed by atoms with van der Waals surface area (Å²) in [7, 11) is 0. The lowest BCUT2D eigenvalue weighted by Gasteiger charge is -2.12. The zero-order valence-electron chi connectivity index (χ0n) is 8.61. The monoisotopic (exact) mass is 188 g/mol. The number of hydrogen-bond acceptors (Lipinski definition) is 2. The number of benzene rings is 1. The van der Waals surface area contributed by atoms with Crippen LogP contribution in [0.2, 0.25) is 0 Å². The molecule has 0 aliphatic rings. The second-order valence-electron chi connectivity index (χ2n) is 3.09. The highest BCUT2D eigenvalue weighted by Gasteiger charge is 1.97. The van der Waals surface area contributed by atoms with E-state index in [0.717, 1.165) is 13.0 Å². The van der Waals surface area contributed by atoms with Gasteiger partial charge >= 0.3 is 0 Å². The normalized spacial score (nSPS) is 9.50. The maximum absolute atomic E-state index is 3.81. The summed E-state index contributed by atoms with van der Waals surface area (Å²) >= 11 is 0. The lowest BCUT2D eigenvalue weighted by atomic mass is 10.1. The Labute approximate surface area is 85.6 Å². The van der Waals surface area contributed by atoms with Crippen LogP contribution in [0.1, 0.15) is 18.1 Å². The number of nitrogens with zero attached hydrogens (tertiary/aromatic N) is 2. The van der Waals surface area contributed by atoms with E-state index < -0.39 is 0 Å². The first-order chi connectivity index (χ1) is 6.80. The standard InChI is InChI=1S/C12H16N2/c1-4-11-6-8-12(9-7-11)10-14(5-2)13-3/h5-9H,2-4,10H2,1H3. The molecule has 0 spiro atoms. The fourth-order valence-corrected chi connectivity index (χ4v) is 1.24. The third kappa shape index (κ3) is 2.73. The van der Waals surface area contributed by atoms with Crippen LogP contribution in [-0.2, 0) is 13.0 Å². The van der Waals surface area contributed by atoms with Crippen LogP contribution in [0.5, 0.6) is 0 Å². The molecule has 0 fully saturated rings. The van der Waals surface area contributed by atoms with Gasteiger partial charge in [-0.3, -0.25) is 5.01 Å². The molecule has 0 amide bonds. The van der Waals surface area contributed by atoms with Gasteiger partial charge in [-0.05, 0) is 17.5 Å². The molecular formula is C12H16N2. The fraction of sp³-hybridized carbons (Fsp3) is 0.250. The van der Waals surface area contributed by atoms with Crippen LogP contribution in [0, 0.1) is 0 Å². The third-order valence-corrected chi connectivity index (χ3v) is 2.17. The zero-order valence-corrected chi connectivity index (χ0v) is 8.61. The molecule has 0 atom stereocenters. The van der Waals surface area contributed by atoms with Gasteiger partial charge in [-0.25, -0.2) is 0 Å². The van der Waals surface area contributed by atoms with Crippen molar-refractivity contribution >= 4 is 6.72 Å². The first kappa shape index (κ1) is 10.5. The van der Waals surface area contributed by atoms with Crippen molar-refractivity contribution in [1.29, 1.82) is 0 Å². The molecule has 14 heavy (non-hydrogen) atoms. The molecule has 1 aromatic rings. The van der Waals surface area contributed by atoms with Gasteiger partial charge in [-0.1, -0.05) is 37.8 Å². The van der Waals surface area contributed by atoms with Gasteiger partial charge in [0.1, 0.15) is 0 Å². The van der Waals surface area contributed by atoms with Crippen LogP contribution in [-0.4, -0.2) is 11.7 Å². The summed E-state index contributed by atoms with van der Waals surface area (Å²) in [5.74, 6) is 0. The van der Waals surface area contributed by atoms with Crippen LogP contribution in [0.15, 0.2) is 42.1 Å². The molecular weight excluding hydrogens is 172 g/mol. The average molecular weight is 188 g/mol. The fourth-order valence-electron chi connectivity index (χ4n) is 1.24. The Bertz CT molecular complexity index is 293. The van der Waals surface area contributed by atoms with Crippen molar-refractivity contribution in [2.24, 2.45) is 5.10 Å². The third-order valence-electron chi connectivity index (χ3n) is 2.17. The van der Waals surface area contributed by atoms with E-state index in [1.54, 1.807) is 11.2 Å². The maximum Gasteiger partial charge on any atom is 0.0658 e. The molecule has 0 saturated carbocycles. The van der Waals surface area contributed by atoms with Crippen LogP contribution < -0.4 is 0 Å². The average Bonchev–Trinajstić information content (AvgIpc) is 2.26. The second-order valence-corrected chi connectivity index (χ2v) is 3.09. The van der Waals surface area contributed by atoms with Gasteiger partial charge in [0.25, 0.3) is 0 Å². The molecule has 1 aromatic carbocycles. The zero-order chi connectivity index (χ0) is 10.4. The van der Waals surface area contributed by atoms with Crippen LogP contribution in [0.4, 0.5) is 0 Å². The van der Waals surface area contributed by atoms with Crippen LogP contribution >= 0.6 is 0 Å². The van der Waals surface area contributed by atoms with Crippen molar-refractivity contribution in [2.45, 2.75) is 19.9 Å². The Morgan fingerprint density at radius 2 is 1.86 bits per heavy atom. The second kappa shape index (κ2) is 5.22. The Morgan fingerprint density at radius 1 is 1.29 bits per heavy atom. The van der Waals surface area contributed by atoms with Crippen molar-refractivity contribution < 1.29 is 0 Å². The number of aryl methyl sites for hydroxylation is 1. The van der Waals surface area contributed by atoms with E-state index in [1.807, 2.05) is 0 Å². The molecule has 0 unspecified atom stereocenters. The number of hydrazone groups is 1. The van der Waals surface area contributed by atoms with Crippen molar-refractivity contribution in [3.05, 3.63) is 48.2 Å². The lowest BCUT2D eigenvalue weighted by molar-refractivity contribution is 0.397. The van der Waals surface area contributed by atoms with E-state index in [0.29, 0.717) is 0 Å². The maximum atomic E-state index is 3.81. The molecule has 2 nitrogen and oxygen atoms in total. The highest BCUT2D eigenvalue weighted by molar-refractivity contribution is 5.24.